The normalized spacial score (nSPS) is 16.8. The Bertz CT molecular complexity index is 924. The number of nitrogens with zero attached hydrogens (tertiary/aromatic N) is 2. The van der Waals surface area contributed by atoms with Crippen molar-refractivity contribution >= 4 is 15.7 Å². The molecule has 0 bridgehead atoms. The number of hydrogen-bond donors (Lipinski definition) is 1. The molecule has 2 aromatic carbocycles. The molecule has 0 aromatic heterocycles. The maximum Gasteiger partial charge on any atom is 0.241 e. The lowest BCUT2D eigenvalue weighted by Gasteiger charge is -2.36. The Labute approximate surface area is 171 Å². The molecule has 29 heavy (non-hydrogen) atoms. The van der Waals surface area contributed by atoms with Crippen LogP contribution < -0.4 is 9.62 Å². The van der Waals surface area contributed by atoms with Crippen molar-refractivity contribution in [1.29, 1.82) is 0 Å². The lowest BCUT2D eigenvalue weighted by Crippen LogP contribution is -2.47. The summed E-state index contributed by atoms with van der Waals surface area (Å²) in [5.41, 5.74) is 2.47. The molecule has 0 aliphatic carbocycles. The van der Waals surface area contributed by atoms with E-state index in [9.17, 15) is 17.2 Å². The first-order valence-corrected chi connectivity index (χ1v) is 11.2. The molecule has 1 aliphatic rings. The average molecular weight is 424 g/mol. The highest BCUT2D eigenvalue weighted by Gasteiger charge is 2.21. The molecular weight excluding hydrogens is 396 g/mol. The molecule has 8 heteroatoms. The summed E-state index contributed by atoms with van der Waals surface area (Å²) in [6.45, 7) is 8.25. The summed E-state index contributed by atoms with van der Waals surface area (Å²) in [5.74, 6) is -1.82. The molecule has 0 radical (unpaired) electrons. The molecule has 2 aromatic rings. The molecule has 0 amide bonds. The number of hydrogen-bond acceptors (Lipinski definition) is 4. The fourth-order valence-electron chi connectivity index (χ4n) is 3.51. The predicted octanol–water partition coefficient (Wildman–Crippen LogP) is 3.15. The predicted molar refractivity (Wildman–Crippen MR) is 111 cm³/mol. The first-order chi connectivity index (χ1) is 13.7. The van der Waals surface area contributed by atoms with Crippen molar-refractivity contribution in [2.24, 2.45) is 0 Å². The van der Waals surface area contributed by atoms with E-state index in [2.05, 4.69) is 45.7 Å². The van der Waals surface area contributed by atoms with Gasteiger partial charge in [-0.3, -0.25) is 4.90 Å². The van der Waals surface area contributed by atoms with Gasteiger partial charge in [0.2, 0.25) is 10.0 Å². The molecule has 1 fully saturated rings. The van der Waals surface area contributed by atoms with Crippen LogP contribution in [0.2, 0.25) is 0 Å². The third-order valence-electron chi connectivity index (χ3n) is 5.12. The number of benzene rings is 2. The van der Waals surface area contributed by atoms with Crippen LogP contribution in [0.3, 0.4) is 0 Å². The largest absolute Gasteiger partial charge is 0.369 e. The Morgan fingerprint density at radius 1 is 1.03 bits per heavy atom. The van der Waals surface area contributed by atoms with E-state index >= 15 is 0 Å². The van der Waals surface area contributed by atoms with Crippen LogP contribution in [0.1, 0.15) is 18.9 Å². The van der Waals surface area contributed by atoms with E-state index in [-0.39, 0.29) is 6.04 Å². The number of nitrogens with one attached hydrogen (secondary N) is 1. The number of anilines is 1. The van der Waals surface area contributed by atoms with Crippen molar-refractivity contribution in [1.82, 2.24) is 9.62 Å². The third kappa shape index (κ3) is 5.98. The van der Waals surface area contributed by atoms with Gasteiger partial charge >= 0.3 is 0 Å². The third-order valence-corrected chi connectivity index (χ3v) is 6.69. The van der Waals surface area contributed by atoms with Gasteiger partial charge in [-0.15, -0.1) is 0 Å². The fraction of sp³-hybridized carbons (Fsp3) is 0.429. The second kappa shape index (κ2) is 9.19. The summed E-state index contributed by atoms with van der Waals surface area (Å²) in [7, 11) is -3.96. The molecule has 1 N–H and O–H groups in total. The smallest absolute Gasteiger partial charge is 0.241 e. The van der Waals surface area contributed by atoms with Gasteiger partial charge in [0.25, 0.3) is 0 Å². The van der Waals surface area contributed by atoms with E-state index < -0.39 is 26.6 Å². The fourth-order valence-corrected chi connectivity index (χ4v) is 4.83. The molecule has 3 rings (SSSR count). The van der Waals surface area contributed by atoms with Gasteiger partial charge in [0.05, 0.1) is 4.90 Å². The van der Waals surface area contributed by atoms with Gasteiger partial charge in [0, 0.05) is 44.0 Å². The first-order valence-electron chi connectivity index (χ1n) is 9.75. The van der Waals surface area contributed by atoms with Crippen molar-refractivity contribution in [2.45, 2.75) is 31.2 Å². The second-order valence-electron chi connectivity index (χ2n) is 7.58. The molecule has 5 nitrogen and oxygen atoms in total. The molecule has 1 aliphatic heterocycles. The zero-order valence-electron chi connectivity index (χ0n) is 16.7. The van der Waals surface area contributed by atoms with E-state index in [1.807, 2.05) is 0 Å². The molecule has 158 valence electrons. The number of rotatable bonds is 7. The Morgan fingerprint density at radius 2 is 1.69 bits per heavy atom. The first kappa shape index (κ1) is 21.7. The molecule has 1 saturated heterocycles. The van der Waals surface area contributed by atoms with Crippen LogP contribution in [0, 0.1) is 18.6 Å². The van der Waals surface area contributed by atoms with E-state index in [4.69, 9.17) is 0 Å². The molecule has 1 atom stereocenters. The van der Waals surface area contributed by atoms with E-state index in [0.717, 1.165) is 44.9 Å². The molecule has 0 spiro atoms. The van der Waals surface area contributed by atoms with Crippen molar-refractivity contribution in [3.63, 3.8) is 0 Å². The zero-order chi connectivity index (χ0) is 21.0. The minimum absolute atomic E-state index is 0.346. The van der Waals surface area contributed by atoms with Gasteiger partial charge in [-0.25, -0.2) is 21.9 Å². The van der Waals surface area contributed by atoms with Crippen LogP contribution in [0.4, 0.5) is 14.5 Å². The standard InChI is InChI=1S/C21H27F2N3O2S/c1-16-4-3-5-20(12-16)26-10-8-25(9-11-26)7-6-17(2)24-29(27,28)21-14-18(22)13-19(23)15-21/h3-5,12-15,17,24H,6-11H2,1-2H3. The number of sulfonamides is 1. The van der Waals surface area contributed by atoms with Crippen molar-refractivity contribution < 1.29 is 17.2 Å². The van der Waals surface area contributed by atoms with Gasteiger partial charge < -0.3 is 4.90 Å². The zero-order valence-corrected chi connectivity index (χ0v) is 17.6. The van der Waals surface area contributed by atoms with Crippen molar-refractivity contribution in [2.75, 3.05) is 37.6 Å². The Hall–Kier alpha value is -2.03. The summed E-state index contributed by atoms with van der Waals surface area (Å²) < 4.78 is 53.9. The summed E-state index contributed by atoms with van der Waals surface area (Å²) in [6.07, 6.45) is 0.613. The minimum Gasteiger partial charge on any atom is -0.369 e. The van der Waals surface area contributed by atoms with Crippen LogP contribution >= 0.6 is 0 Å². The minimum atomic E-state index is -3.96. The van der Waals surface area contributed by atoms with Gasteiger partial charge in [0.1, 0.15) is 11.6 Å². The SMILES string of the molecule is Cc1cccc(N2CCN(CCC(C)NS(=O)(=O)c3cc(F)cc(F)c3)CC2)c1. The molecule has 1 heterocycles. The maximum atomic E-state index is 13.3. The van der Waals surface area contributed by atoms with Gasteiger partial charge in [0.15, 0.2) is 0 Å². The maximum absolute atomic E-state index is 13.3. The Morgan fingerprint density at radius 3 is 2.31 bits per heavy atom. The number of halogens is 2. The van der Waals surface area contributed by atoms with Crippen LogP contribution in [0.5, 0.6) is 0 Å². The molecule has 1 unspecified atom stereocenters. The van der Waals surface area contributed by atoms with E-state index in [1.54, 1.807) is 6.92 Å². The highest BCUT2D eigenvalue weighted by molar-refractivity contribution is 7.89. The van der Waals surface area contributed by atoms with Crippen molar-refractivity contribution in [3.8, 4) is 0 Å². The van der Waals surface area contributed by atoms with E-state index in [0.29, 0.717) is 12.5 Å². The Balaban J connectivity index is 1.48. The number of piperazine rings is 1. The molecule has 0 saturated carbocycles. The van der Waals surface area contributed by atoms with Crippen LogP contribution in [0.25, 0.3) is 0 Å². The van der Waals surface area contributed by atoms with Crippen LogP contribution in [-0.4, -0.2) is 52.1 Å². The van der Waals surface area contributed by atoms with Crippen LogP contribution in [-0.2, 0) is 10.0 Å². The summed E-state index contributed by atoms with van der Waals surface area (Å²) in [5, 5.41) is 0. The average Bonchev–Trinajstić information content (AvgIpc) is 2.66. The number of aryl methyl sites for hydroxylation is 1. The molecular formula is C21H27F2N3O2S. The summed E-state index contributed by atoms with van der Waals surface area (Å²) >= 11 is 0. The van der Waals surface area contributed by atoms with Gasteiger partial charge in [-0.1, -0.05) is 12.1 Å². The van der Waals surface area contributed by atoms with Crippen molar-refractivity contribution in [3.05, 3.63) is 59.7 Å². The second-order valence-corrected chi connectivity index (χ2v) is 9.30. The topological polar surface area (TPSA) is 52.6 Å². The lowest BCUT2D eigenvalue weighted by molar-refractivity contribution is 0.248. The highest BCUT2D eigenvalue weighted by atomic mass is 32.2. The monoisotopic (exact) mass is 423 g/mol. The Kier molecular flexibility index (Phi) is 6.87. The highest BCUT2D eigenvalue weighted by Crippen LogP contribution is 2.18. The van der Waals surface area contributed by atoms with Gasteiger partial charge in [-0.05, 0) is 56.6 Å². The van der Waals surface area contributed by atoms with Gasteiger partial charge in [-0.2, -0.15) is 0 Å². The lowest BCUT2D eigenvalue weighted by atomic mass is 10.2. The summed E-state index contributed by atoms with van der Waals surface area (Å²) in [4.78, 5) is 4.27. The van der Waals surface area contributed by atoms with E-state index in [1.165, 1.54) is 11.3 Å². The summed E-state index contributed by atoms with van der Waals surface area (Å²) in [6, 6.07) is 10.4. The quantitative estimate of drug-likeness (QED) is 0.743. The van der Waals surface area contributed by atoms with Crippen LogP contribution in [0.15, 0.2) is 47.4 Å².